The highest BCUT2D eigenvalue weighted by atomic mass is 32.2. The SMILES string of the molecule is COc1ccc(-c2cn3nc(SC)ccc3n2)cc1. The first-order valence-corrected chi connectivity index (χ1v) is 7.07. The summed E-state index contributed by atoms with van der Waals surface area (Å²) in [6.07, 6.45) is 3.95. The maximum atomic E-state index is 5.15. The zero-order chi connectivity index (χ0) is 13.2. The predicted molar refractivity (Wildman–Crippen MR) is 76.8 cm³/mol. The molecular formula is C14H13N3OS. The van der Waals surface area contributed by atoms with Crippen LogP contribution in [0.1, 0.15) is 0 Å². The van der Waals surface area contributed by atoms with Crippen LogP contribution in [0.5, 0.6) is 5.75 Å². The number of thioether (sulfide) groups is 1. The Labute approximate surface area is 115 Å². The van der Waals surface area contributed by atoms with E-state index in [1.165, 1.54) is 0 Å². The van der Waals surface area contributed by atoms with Gasteiger partial charge in [-0.05, 0) is 42.7 Å². The first-order valence-electron chi connectivity index (χ1n) is 5.85. The summed E-state index contributed by atoms with van der Waals surface area (Å²) >= 11 is 1.62. The lowest BCUT2D eigenvalue weighted by atomic mass is 10.2. The van der Waals surface area contributed by atoms with Gasteiger partial charge in [-0.3, -0.25) is 0 Å². The standard InChI is InChI=1S/C14H13N3OS/c1-18-11-5-3-10(4-6-11)12-9-17-13(15-12)7-8-14(16-17)19-2/h3-9H,1-2H3. The summed E-state index contributed by atoms with van der Waals surface area (Å²) in [7, 11) is 1.66. The topological polar surface area (TPSA) is 39.4 Å². The van der Waals surface area contributed by atoms with Crippen molar-refractivity contribution in [3.05, 3.63) is 42.6 Å². The molecule has 0 fully saturated rings. The van der Waals surface area contributed by atoms with Crippen LogP contribution in [0.2, 0.25) is 0 Å². The van der Waals surface area contributed by atoms with Gasteiger partial charge in [0, 0.05) is 5.56 Å². The second-order valence-corrected chi connectivity index (χ2v) is 4.86. The van der Waals surface area contributed by atoms with Crippen LogP contribution < -0.4 is 4.74 Å². The number of methoxy groups -OCH3 is 1. The summed E-state index contributed by atoms with van der Waals surface area (Å²) < 4.78 is 6.96. The molecule has 0 aliphatic heterocycles. The van der Waals surface area contributed by atoms with Crippen LogP contribution in [-0.2, 0) is 0 Å². The average Bonchev–Trinajstić information content (AvgIpc) is 2.90. The van der Waals surface area contributed by atoms with E-state index in [1.807, 2.05) is 53.4 Å². The Morgan fingerprint density at radius 1 is 1.11 bits per heavy atom. The van der Waals surface area contributed by atoms with Gasteiger partial charge in [-0.25, -0.2) is 9.50 Å². The molecule has 0 radical (unpaired) electrons. The summed E-state index contributed by atoms with van der Waals surface area (Å²) in [5.74, 6) is 0.843. The molecule has 0 atom stereocenters. The van der Waals surface area contributed by atoms with Crippen molar-refractivity contribution in [2.45, 2.75) is 5.03 Å². The Balaban J connectivity index is 2.04. The van der Waals surface area contributed by atoms with E-state index in [9.17, 15) is 0 Å². The fraction of sp³-hybridized carbons (Fsp3) is 0.143. The Hall–Kier alpha value is -2.01. The first-order chi connectivity index (χ1) is 9.30. The van der Waals surface area contributed by atoms with Gasteiger partial charge in [0.1, 0.15) is 10.8 Å². The highest BCUT2D eigenvalue weighted by Crippen LogP contribution is 2.22. The molecule has 0 bridgehead atoms. The second kappa shape index (κ2) is 4.93. The number of hydrogen-bond acceptors (Lipinski definition) is 4. The minimum Gasteiger partial charge on any atom is -0.497 e. The molecule has 1 aromatic carbocycles. The van der Waals surface area contributed by atoms with Crippen molar-refractivity contribution in [3.8, 4) is 17.0 Å². The summed E-state index contributed by atoms with van der Waals surface area (Å²) in [5.41, 5.74) is 2.81. The minimum absolute atomic E-state index is 0.843. The van der Waals surface area contributed by atoms with Crippen LogP contribution in [0.15, 0.2) is 47.6 Å². The molecule has 5 heteroatoms. The van der Waals surface area contributed by atoms with Crippen LogP contribution in [0.25, 0.3) is 16.9 Å². The van der Waals surface area contributed by atoms with Gasteiger partial charge in [-0.15, -0.1) is 11.8 Å². The zero-order valence-corrected chi connectivity index (χ0v) is 11.5. The minimum atomic E-state index is 0.843. The molecule has 4 nitrogen and oxygen atoms in total. The number of rotatable bonds is 3. The fourth-order valence-corrected chi connectivity index (χ4v) is 2.25. The fourth-order valence-electron chi connectivity index (χ4n) is 1.87. The normalized spacial score (nSPS) is 10.8. The third-order valence-corrected chi connectivity index (χ3v) is 3.53. The molecule has 0 unspecified atom stereocenters. The Morgan fingerprint density at radius 2 is 1.89 bits per heavy atom. The molecule has 0 spiro atoms. The van der Waals surface area contributed by atoms with Gasteiger partial charge in [-0.2, -0.15) is 5.10 Å². The van der Waals surface area contributed by atoms with Gasteiger partial charge in [-0.1, -0.05) is 0 Å². The van der Waals surface area contributed by atoms with Gasteiger partial charge in [0.25, 0.3) is 0 Å². The monoisotopic (exact) mass is 271 g/mol. The molecule has 0 aliphatic rings. The van der Waals surface area contributed by atoms with Gasteiger partial charge < -0.3 is 4.74 Å². The van der Waals surface area contributed by atoms with E-state index < -0.39 is 0 Å². The summed E-state index contributed by atoms with van der Waals surface area (Å²) in [6, 6.07) is 11.8. The average molecular weight is 271 g/mol. The largest absolute Gasteiger partial charge is 0.497 e. The zero-order valence-electron chi connectivity index (χ0n) is 10.7. The van der Waals surface area contributed by atoms with Crippen molar-refractivity contribution in [2.24, 2.45) is 0 Å². The van der Waals surface area contributed by atoms with Gasteiger partial charge in [0.2, 0.25) is 0 Å². The van der Waals surface area contributed by atoms with E-state index in [0.717, 1.165) is 27.7 Å². The van der Waals surface area contributed by atoms with Crippen LogP contribution in [0.4, 0.5) is 0 Å². The summed E-state index contributed by atoms with van der Waals surface area (Å²) in [5, 5.41) is 5.44. The van der Waals surface area contributed by atoms with Crippen molar-refractivity contribution in [3.63, 3.8) is 0 Å². The van der Waals surface area contributed by atoms with Crippen molar-refractivity contribution < 1.29 is 4.74 Å². The van der Waals surface area contributed by atoms with Crippen LogP contribution >= 0.6 is 11.8 Å². The van der Waals surface area contributed by atoms with Crippen molar-refractivity contribution in [2.75, 3.05) is 13.4 Å². The van der Waals surface area contributed by atoms with Crippen LogP contribution in [0.3, 0.4) is 0 Å². The third-order valence-electron chi connectivity index (χ3n) is 2.89. The van der Waals surface area contributed by atoms with Crippen molar-refractivity contribution in [1.82, 2.24) is 14.6 Å². The second-order valence-electron chi connectivity index (χ2n) is 4.03. The molecule has 0 aliphatic carbocycles. The van der Waals surface area contributed by atoms with E-state index >= 15 is 0 Å². The highest BCUT2D eigenvalue weighted by Gasteiger charge is 2.06. The van der Waals surface area contributed by atoms with E-state index in [-0.39, 0.29) is 0 Å². The smallest absolute Gasteiger partial charge is 0.154 e. The Morgan fingerprint density at radius 3 is 2.58 bits per heavy atom. The number of hydrogen-bond donors (Lipinski definition) is 0. The molecule has 3 aromatic rings. The predicted octanol–water partition coefficient (Wildman–Crippen LogP) is 3.13. The number of nitrogens with zero attached hydrogens (tertiary/aromatic N) is 3. The number of fused-ring (bicyclic) bond motifs is 1. The van der Waals surface area contributed by atoms with Crippen molar-refractivity contribution >= 4 is 17.4 Å². The molecule has 0 saturated carbocycles. The van der Waals surface area contributed by atoms with Gasteiger partial charge >= 0.3 is 0 Å². The third kappa shape index (κ3) is 2.29. The van der Waals surface area contributed by atoms with Gasteiger partial charge in [0.05, 0.1) is 19.0 Å². The number of ether oxygens (including phenoxy) is 1. The summed E-state index contributed by atoms with van der Waals surface area (Å²) in [4.78, 5) is 4.56. The number of aromatic nitrogens is 3. The number of benzene rings is 1. The van der Waals surface area contributed by atoms with Crippen LogP contribution in [0, 0.1) is 0 Å². The molecule has 3 rings (SSSR count). The maximum absolute atomic E-state index is 5.15. The quantitative estimate of drug-likeness (QED) is 0.686. The van der Waals surface area contributed by atoms with E-state index in [2.05, 4.69) is 10.1 Å². The highest BCUT2D eigenvalue weighted by molar-refractivity contribution is 7.98. The lowest BCUT2D eigenvalue weighted by Crippen LogP contribution is -1.90. The molecular weight excluding hydrogens is 258 g/mol. The molecule has 0 N–H and O–H groups in total. The van der Waals surface area contributed by atoms with Gasteiger partial charge in [0.15, 0.2) is 5.65 Å². The molecule has 2 heterocycles. The molecule has 2 aromatic heterocycles. The Bertz CT molecular complexity index is 706. The molecule has 0 saturated heterocycles. The first kappa shape index (κ1) is 12.0. The van der Waals surface area contributed by atoms with E-state index in [4.69, 9.17) is 4.74 Å². The number of imidazole rings is 1. The molecule has 96 valence electrons. The lowest BCUT2D eigenvalue weighted by Gasteiger charge is -1.99. The maximum Gasteiger partial charge on any atom is 0.154 e. The van der Waals surface area contributed by atoms with E-state index in [1.54, 1.807) is 18.9 Å². The lowest BCUT2D eigenvalue weighted by molar-refractivity contribution is 0.415. The van der Waals surface area contributed by atoms with Crippen LogP contribution in [-0.4, -0.2) is 28.0 Å². The van der Waals surface area contributed by atoms with Crippen molar-refractivity contribution in [1.29, 1.82) is 0 Å². The van der Waals surface area contributed by atoms with E-state index in [0.29, 0.717) is 0 Å². The summed E-state index contributed by atoms with van der Waals surface area (Å²) in [6.45, 7) is 0. The Kier molecular flexibility index (Phi) is 3.13. The molecule has 19 heavy (non-hydrogen) atoms. The molecule has 0 amide bonds.